The maximum atomic E-state index is 12.6. The summed E-state index contributed by atoms with van der Waals surface area (Å²) >= 11 is 0. The van der Waals surface area contributed by atoms with Crippen LogP contribution in [-0.2, 0) is 0 Å². The number of aromatic nitrogens is 5. The average Bonchev–Trinajstić information content (AvgIpc) is 3.24. The van der Waals surface area contributed by atoms with Gasteiger partial charge in [0.1, 0.15) is 0 Å². The van der Waals surface area contributed by atoms with Gasteiger partial charge < -0.3 is 10.2 Å². The molecule has 3 heterocycles. The van der Waals surface area contributed by atoms with Crippen LogP contribution in [0.2, 0.25) is 0 Å². The number of nitro groups is 1. The van der Waals surface area contributed by atoms with Gasteiger partial charge >= 0.3 is 0 Å². The summed E-state index contributed by atoms with van der Waals surface area (Å²) in [6.07, 6.45) is 4.31. The molecule has 0 spiro atoms. The molecule has 0 bridgehead atoms. The number of hydrogen-bond acceptors (Lipinski definition) is 9. The molecule has 1 saturated heterocycles. The van der Waals surface area contributed by atoms with Crippen LogP contribution in [0.4, 0.5) is 11.6 Å². The van der Waals surface area contributed by atoms with E-state index in [2.05, 4.69) is 35.4 Å². The first-order chi connectivity index (χ1) is 16.0. The van der Waals surface area contributed by atoms with Gasteiger partial charge in [0.25, 0.3) is 11.6 Å². The summed E-state index contributed by atoms with van der Waals surface area (Å²) < 4.78 is 1.43. The van der Waals surface area contributed by atoms with Crippen LogP contribution in [0.3, 0.4) is 0 Å². The molecule has 1 amide bonds. The Morgan fingerprint density at radius 1 is 1.15 bits per heavy atom. The van der Waals surface area contributed by atoms with Crippen molar-refractivity contribution in [1.29, 1.82) is 0 Å². The van der Waals surface area contributed by atoms with Gasteiger partial charge in [-0.3, -0.25) is 19.8 Å². The maximum Gasteiger partial charge on any atom is 0.273 e. The van der Waals surface area contributed by atoms with E-state index in [1.165, 1.54) is 16.8 Å². The van der Waals surface area contributed by atoms with Crippen LogP contribution < -0.4 is 10.2 Å². The second-order valence-electron chi connectivity index (χ2n) is 7.70. The quantitative estimate of drug-likeness (QED) is 0.304. The van der Waals surface area contributed by atoms with Crippen molar-refractivity contribution in [2.75, 3.05) is 44.2 Å². The van der Waals surface area contributed by atoms with E-state index >= 15 is 0 Å². The Morgan fingerprint density at radius 2 is 1.91 bits per heavy atom. The van der Waals surface area contributed by atoms with Gasteiger partial charge in [-0.2, -0.15) is 0 Å². The Morgan fingerprint density at radius 3 is 2.64 bits per heavy atom. The molecule has 1 aliphatic heterocycles. The van der Waals surface area contributed by atoms with Crippen molar-refractivity contribution in [1.82, 2.24) is 35.2 Å². The number of carbonyl (C=O) groups excluding carboxylic acids is 1. The number of nitrogens with zero attached hydrogens (tertiary/aromatic N) is 8. The van der Waals surface area contributed by atoms with E-state index in [0.717, 1.165) is 45.1 Å². The van der Waals surface area contributed by atoms with Crippen molar-refractivity contribution in [2.45, 2.75) is 13.3 Å². The van der Waals surface area contributed by atoms with Crippen LogP contribution >= 0.6 is 0 Å². The van der Waals surface area contributed by atoms with Gasteiger partial charge in [-0.25, -0.2) is 14.6 Å². The van der Waals surface area contributed by atoms with Crippen molar-refractivity contribution in [3.8, 4) is 5.69 Å². The molecule has 12 nitrogen and oxygen atoms in total. The molecule has 2 aromatic heterocycles. The van der Waals surface area contributed by atoms with E-state index in [1.54, 1.807) is 31.5 Å². The van der Waals surface area contributed by atoms with Crippen LogP contribution in [0.15, 0.2) is 42.7 Å². The number of rotatable bonds is 8. The number of benzene rings is 1. The summed E-state index contributed by atoms with van der Waals surface area (Å²) in [5.74, 6) is 0.452. The zero-order valence-corrected chi connectivity index (χ0v) is 18.3. The minimum Gasteiger partial charge on any atom is -0.351 e. The molecule has 0 atom stereocenters. The first kappa shape index (κ1) is 22.3. The number of anilines is 1. The van der Waals surface area contributed by atoms with Gasteiger partial charge in [-0.05, 0) is 32.0 Å². The molecule has 3 aromatic rings. The number of piperazine rings is 1. The molecule has 1 aliphatic rings. The molecule has 0 unspecified atom stereocenters. The number of nitrogens with one attached hydrogen (secondary N) is 1. The molecule has 12 heteroatoms. The van der Waals surface area contributed by atoms with Gasteiger partial charge in [0.15, 0.2) is 5.69 Å². The maximum absolute atomic E-state index is 12.6. The number of nitro benzene ring substituents is 1. The number of carbonyl (C=O) groups is 1. The monoisotopic (exact) mass is 451 g/mol. The molecule has 1 fully saturated rings. The highest BCUT2D eigenvalue weighted by Gasteiger charge is 2.20. The van der Waals surface area contributed by atoms with Gasteiger partial charge in [0, 0.05) is 57.3 Å². The second kappa shape index (κ2) is 10.1. The molecule has 1 N–H and O–H groups in total. The lowest BCUT2D eigenvalue weighted by Crippen LogP contribution is -2.47. The predicted octanol–water partition coefficient (Wildman–Crippen LogP) is 1.22. The largest absolute Gasteiger partial charge is 0.351 e. The smallest absolute Gasteiger partial charge is 0.273 e. The van der Waals surface area contributed by atoms with E-state index < -0.39 is 4.92 Å². The van der Waals surface area contributed by atoms with Gasteiger partial charge in [0.2, 0.25) is 5.95 Å². The zero-order chi connectivity index (χ0) is 23.2. The standard InChI is InChI=1S/C21H25N9O3/c1-16-19(25-26-29(16)17-5-2-6-18(15-17)30(32)33)20(31)22-9-4-10-27-11-13-28(14-12-27)21-23-7-3-8-24-21/h2-3,5-8,15H,4,9-14H2,1H3,(H,22,31). The minimum absolute atomic E-state index is 0.0504. The summed E-state index contributed by atoms with van der Waals surface area (Å²) in [6.45, 7) is 6.69. The lowest BCUT2D eigenvalue weighted by atomic mass is 10.2. The number of hydrogen-bond donors (Lipinski definition) is 1. The van der Waals surface area contributed by atoms with E-state index in [0.29, 0.717) is 17.9 Å². The first-order valence-corrected chi connectivity index (χ1v) is 10.7. The lowest BCUT2D eigenvalue weighted by molar-refractivity contribution is -0.384. The van der Waals surface area contributed by atoms with Crippen LogP contribution in [-0.4, -0.2) is 80.0 Å². The highest BCUT2D eigenvalue weighted by Crippen LogP contribution is 2.18. The third-order valence-electron chi connectivity index (χ3n) is 5.54. The highest BCUT2D eigenvalue weighted by atomic mass is 16.6. The van der Waals surface area contributed by atoms with Crippen LogP contribution in [0.5, 0.6) is 0 Å². The van der Waals surface area contributed by atoms with Gasteiger partial charge in [-0.15, -0.1) is 5.10 Å². The fourth-order valence-corrected chi connectivity index (χ4v) is 3.74. The second-order valence-corrected chi connectivity index (χ2v) is 7.70. The van der Waals surface area contributed by atoms with Crippen LogP contribution in [0, 0.1) is 17.0 Å². The van der Waals surface area contributed by atoms with Crippen molar-refractivity contribution in [3.63, 3.8) is 0 Å². The molecular formula is C21H25N9O3. The average molecular weight is 451 g/mol. The number of amides is 1. The van der Waals surface area contributed by atoms with Crippen LogP contribution in [0.1, 0.15) is 22.6 Å². The topological polar surface area (TPSA) is 135 Å². The molecule has 0 aliphatic carbocycles. The SMILES string of the molecule is Cc1c(C(=O)NCCCN2CCN(c3ncccn3)CC2)nnn1-c1cccc([N+](=O)[O-])c1. The molecule has 0 saturated carbocycles. The fourth-order valence-electron chi connectivity index (χ4n) is 3.74. The molecule has 4 rings (SSSR count). The molecule has 0 radical (unpaired) electrons. The van der Waals surface area contributed by atoms with Gasteiger partial charge in [0.05, 0.1) is 16.3 Å². The summed E-state index contributed by atoms with van der Waals surface area (Å²) in [5, 5.41) is 21.9. The zero-order valence-electron chi connectivity index (χ0n) is 18.3. The third kappa shape index (κ3) is 5.29. The van der Waals surface area contributed by atoms with Crippen molar-refractivity contribution < 1.29 is 9.72 Å². The predicted molar refractivity (Wildman–Crippen MR) is 120 cm³/mol. The Bertz CT molecular complexity index is 1110. The Kier molecular flexibility index (Phi) is 6.83. The van der Waals surface area contributed by atoms with Gasteiger partial charge in [-0.1, -0.05) is 11.3 Å². The molecule has 172 valence electrons. The van der Waals surface area contributed by atoms with E-state index in [1.807, 2.05) is 6.07 Å². The van der Waals surface area contributed by atoms with Crippen molar-refractivity contribution in [3.05, 3.63) is 64.2 Å². The van der Waals surface area contributed by atoms with Crippen molar-refractivity contribution >= 4 is 17.5 Å². The third-order valence-corrected chi connectivity index (χ3v) is 5.54. The Balaban J connectivity index is 1.24. The van der Waals surface area contributed by atoms with Crippen molar-refractivity contribution in [2.24, 2.45) is 0 Å². The lowest BCUT2D eigenvalue weighted by Gasteiger charge is -2.34. The first-order valence-electron chi connectivity index (χ1n) is 10.7. The molecule has 33 heavy (non-hydrogen) atoms. The molecule has 1 aromatic carbocycles. The highest BCUT2D eigenvalue weighted by molar-refractivity contribution is 5.93. The summed E-state index contributed by atoms with van der Waals surface area (Å²) in [6, 6.07) is 7.86. The number of non-ortho nitro benzene ring substituents is 1. The molecular weight excluding hydrogens is 426 g/mol. The van der Waals surface area contributed by atoms with E-state index in [4.69, 9.17) is 0 Å². The summed E-state index contributed by atoms with van der Waals surface area (Å²) in [7, 11) is 0. The van der Waals surface area contributed by atoms with E-state index in [-0.39, 0.29) is 17.3 Å². The fraction of sp³-hybridized carbons (Fsp3) is 0.381. The minimum atomic E-state index is -0.474. The normalized spacial score (nSPS) is 14.3. The van der Waals surface area contributed by atoms with E-state index in [9.17, 15) is 14.9 Å². The van der Waals surface area contributed by atoms with Crippen LogP contribution in [0.25, 0.3) is 5.69 Å². The summed E-state index contributed by atoms with van der Waals surface area (Å²) in [4.78, 5) is 36.2. The summed E-state index contributed by atoms with van der Waals surface area (Å²) in [5.41, 5.74) is 1.16. The Hall–Kier alpha value is -3.93. The Labute approximate surface area is 190 Å².